The Morgan fingerprint density at radius 1 is 1.30 bits per heavy atom. The predicted octanol–water partition coefficient (Wildman–Crippen LogP) is 2.25. The van der Waals surface area contributed by atoms with E-state index in [1.54, 1.807) is 18.2 Å². The van der Waals surface area contributed by atoms with Crippen molar-refractivity contribution in [2.75, 3.05) is 20.2 Å². The summed E-state index contributed by atoms with van der Waals surface area (Å²) in [5.74, 6) is -0.860. The summed E-state index contributed by atoms with van der Waals surface area (Å²) in [6.45, 7) is 2.65. The lowest BCUT2D eigenvalue weighted by atomic mass is 10.2. The molecule has 0 aliphatic rings. The SMILES string of the molecule is CCN(CCC(=O)OC)C(=O)C=Cc1ccc(F)cc1. The van der Waals surface area contributed by atoms with E-state index in [0.29, 0.717) is 13.1 Å². The van der Waals surface area contributed by atoms with Crippen LogP contribution in [0.5, 0.6) is 0 Å². The number of benzene rings is 1. The molecule has 0 fully saturated rings. The molecule has 0 bridgehead atoms. The monoisotopic (exact) mass is 279 g/mol. The van der Waals surface area contributed by atoms with Crippen molar-refractivity contribution in [2.45, 2.75) is 13.3 Å². The second kappa shape index (κ2) is 8.09. The molecule has 0 aliphatic carbocycles. The van der Waals surface area contributed by atoms with Crippen LogP contribution in [-0.4, -0.2) is 37.0 Å². The topological polar surface area (TPSA) is 46.6 Å². The van der Waals surface area contributed by atoms with Crippen molar-refractivity contribution in [1.29, 1.82) is 0 Å². The van der Waals surface area contributed by atoms with Gasteiger partial charge in [0.15, 0.2) is 0 Å². The Hall–Kier alpha value is -2.17. The van der Waals surface area contributed by atoms with Gasteiger partial charge in [0.05, 0.1) is 13.5 Å². The summed E-state index contributed by atoms with van der Waals surface area (Å²) in [6.07, 6.45) is 3.19. The average molecular weight is 279 g/mol. The van der Waals surface area contributed by atoms with E-state index in [-0.39, 0.29) is 24.1 Å². The van der Waals surface area contributed by atoms with Gasteiger partial charge in [-0.2, -0.15) is 0 Å². The van der Waals surface area contributed by atoms with Crippen LogP contribution in [0.4, 0.5) is 4.39 Å². The van der Waals surface area contributed by atoms with Gasteiger partial charge in [-0.1, -0.05) is 12.1 Å². The second-order valence-electron chi connectivity index (χ2n) is 4.13. The molecule has 5 heteroatoms. The highest BCUT2D eigenvalue weighted by Gasteiger charge is 2.10. The van der Waals surface area contributed by atoms with Crippen molar-refractivity contribution < 1.29 is 18.7 Å². The Labute approximate surface area is 117 Å². The number of rotatable bonds is 6. The van der Waals surface area contributed by atoms with Crippen LogP contribution in [0.1, 0.15) is 18.9 Å². The number of halogens is 1. The highest BCUT2D eigenvalue weighted by atomic mass is 19.1. The number of amides is 1. The second-order valence-corrected chi connectivity index (χ2v) is 4.13. The van der Waals surface area contributed by atoms with Gasteiger partial charge < -0.3 is 9.64 Å². The molecular weight excluding hydrogens is 261 g/mol. The molecule has 0 atom stereocenters. The number of hydrogen-bond donors (Lipinski definition) is 0. The van der Waals surface area contributed by atoms with Crippen LogP contribution in [0.25, 0.3) is 6.08 Å². The summed E-state index contributed by atoms with van der Waals surface area (Å²) >= 11 is 0. The maximum Gasteiger partial charge on any atom is 0.307 e. The van der Waals surface area contributed by atoms with Gasteiger partial charge >= 0.3 is 5.97 Å². The molecule has 0 saturated carbocycles. The van der Waals surface area contributed by atoms with Gasteiger partial charge in [0, 0.05) is 19.2 Å². The van der Waals surface area contributed by atoms with E-state index >= 15 is 0 Å². The molecule has 0 aliphatic heterocycles. The highest BCUT2D eigenvalue weighted by molar-refractivity contribution is 5.92. The van der Waals surface area contributed by atoms with Gasteiger partial charge in [-0.25, -0.2) is 4.39 Å². The molecule has 1 rings (SSSR count). The largest absolute Gasteiger partial charge is 0.469 e. The Morgan fingerprint density at radius 2 is 1.95 bits per heavy atom. The van der Waals surface area contributed by atoms with Gasteiger partial charge in [0.1, 0.15) is 5.82 Å². The van der Waals surface area contributed by atoms with Gasteiger partial charge in [0.2, 0.25) is 5.91 Å². The van der Waals surface area contributed by atoms with Gasteiger partial charge in [-0.15, -0.1) is 0 Å². The Morgan fingerprint density at radius 3 is 2.50 bits per heavy atom. The minimum Gasteiger partial charge on any atom is -0.469 e. The fourth-order valence-electron chi connectivity index (χ4n) is 1.60. The first kappa shape index (κ1) is 15.9. The van der Waals surface area contributed by atoms with Crippen molar-refractivity contribution in [1.82, 2.24) is 4.90 Å². The van der Waals surface area contributed by atoms with Crippen LogP contribution in [0.2, 0.25) is 0 Å². The van der Waals surface area contributed by atoms with E-state index < -0.39 is 0 Å². The van der Waals surface area contributed by atoms with Crippen LogP contribution in [-0.2, 0) is 14.3 Å². The van der Waals surface area contributed by atoms with Crippen LogP contribution >= 0.6 is 0 Å². The molecule has 1 aromatic carbocycles. The van der Waals surface area contributed by atoms with E-state index in [0.717, 1.165) is 5.56 Å². The first-order chi connectivity index (χ1) is 9.56. The average Bonchev–Trinajstić information content (AvgIpc) is 2.47. The van der Waals surface area contributed by atoms with Gasteiger partial charge in [-0.05, 0) is 30.7 Å². The van der Waals surface area contributed by atoms with Crippen molar-refractivity contribution in [3.8, 4) is 0 Å². The summed E-state index contributed by atoms with van der Waals surface area (Å²) in [5.41, 5.74) is 0.740. The molecule has 1 amide bonds. The van der Waals surface area contributed by atoms with Gasteiger partial charge in [-0.3, -0.25) is 9.59 Å². The summed E-state index contributed by atoms with van der Waals surface area (Å²) < 4.78 is 17.3. The van der Waals surface area contributed by atoms with E-state index in [1.165, 1.54) is 30.2 Å². The Bertz CT molecular complexity index is 482. The zero-order valence-electron chi connectivity index (χ0n) is 11.6. The fraction of sp³-hybridized carbons (Fsp3) is 0.333. The molecular formula is C15H18FNO3. The number of esters is 1. The molecule has 0 N–H and O–H groups in total. The normalized spacial score (nSPS) is 10.6. The van der Waals surface area contributed by atoms with Crippen molar-refractivity contribution in [2.24, 2.45) is 0 Å². The molecule has 4 nitrogen and oxygen atoms in total. The molecule has 0 heterocycles. The Balaban J connectivity index is 2.58. The minimum atomic E-state index is -0.348. The van der Waals surface area contributed by atoms with Crippen LogP contribution < -0.4 is 0 Å². The molecule has 0 radical (unpaired) electrons. The third-order valence-electron chi connectivity index (χ3n) is 2.80. The maximum atomic E-state index is 12.7. The van der Waals surface area contributed by atoms with Crippen LogP contribution in [0.3, 0.4) is 0 Å². The van der Waals surface area contributed by atoms with Crippen molar-refractivity contribution >= 4 is 18.0 Å². The zero-order valence-corrected chi connectivity index (χ0v) is 11.6. The third kappa shape index (κ3) is 5.22. The molecule has 0 spiro atoms. The van der Waals surface area contributed by atoms with E-state index in [2.05, 4.69) is 4.74 Å². The number of hydrogen-bond acceptors (Lipinski definition) is 3. The molecule has 0 saturated heterocycles. The lowest BCUT2D eigenvalue weighted by Crippen LogP contribution is -2.31. The van der Waals surface area contributed by atoms with E-state index in [1.807, 2.05) is 6.92 Å². The van der Waals surface area contributed by atoms with Gasteiger partial charge in [0.25, 0.3) is 0 Å². The smallest absolute Gasteiger partial charge is 0.307 e. The number of nitrogens with zero attached hydrogens (tertiary/aromatic N) is 1. The number of carbonyl (C=O) groups is 2. The summed E-state index contributed by atoms with van der Waals surface area (Å²) in [5, 5.41) is 0. The predicted molar refractivity (Wildman–Crippen MR) is 74.3 cm³/mol. The number of carbonyl (C=O) groups excluding carboxylic acids is 2. The summed E-state index contributed by atoms with van der Waals surface area (Å²) in [6, 6.07) is 5.84. The number of likely N-dealkylation sites (N-methyl/N-ethyl adjacent to an activating group) is 1. The zero-order chi connectivity index (χ0) is 15.0. The maximum absolute atomic E-state index is 12.7. The standard InChI is InChI=1S/C15H18FNO3/c1-3-17(11-10-15(19)20-2)14(18)9-6-12-4-7-13(16)8-5-12/h4-9H,3,10-11H2,1-2H3. The molecule has 20 heavy (non-hydrogen) atoms. The molecule has 0 unspecified atom stereocenters. The lowest BCUT2D eigenvalue weighted by Gasteiger charge is -2.18. The molecule has 1 aromatic rings. The molecule has 0 aromatic heterocycles. The van der Waals surface area contributed by atoms with Crippen molar-refractivity contribution in [3.05, 3.63) is 41.7 Å². The first-order valence-corrected chi connectivity index (χ1v) is 6.36. The highest BCUT2D eigenvalue weighted by Crippen LogP contribution is 2.05. The first-order valence-electron chi connectivity index (χ1n) is 6.36. The number of ether oxygens (including phenoxy) is 1. The molecule has 108 valence electrons. The van der Waals surface area contributed by atoms with Crippen LogP contribution in [0.15, 0.2) is 30.3 Å². The van der Waals surface area contributed by atoms with Crippen LogP contribution in [0, 0.1) is 5.82 Å². The summed E-state index contributed by atoms with van der Waals surface area (Å²) in [7, 11) is 1.31. The van der Waals surface area contributed by atoms with E-state index in [9.17, 15) is 14.0 Å². The quantitative estimate of drug-likeness (QED) is 0.592. The summed E-state index contributed by atoms with van der Waals surface area (Å²) in [4.78, 5) is 24.5. The lowest BCUT2D eigenvalue weighted by molar-refractivity contribution is -0.141. The minimum absolute atomic E-state index is 0.167. The van der Waals surface area contributed by atoms with Crippen molar-refractivity contribution in [3.63, 3.8) is 0 Å². The fourth-order valence-corrected chi connectivity index (χ4v) is 1.60. The third-order valence-corrected chi connectivity index (χ3v) is 2.80. The Kier molecular flexibility index (Phi) is 6.43. The van der Waals surface area contributed by atoms with E-state index in [4.69, 9.17) is 0 Å². The number of methoxy groups -OCH3 is 1.